The van der Waals surface area contributed by atoms with E-state index in [4.69, 9.17) is 17.3 Å². The van der Waals surface area contributed by atoms with Crippen molar-refractivity contribution in [3.63, 3.8) is 0 Å². The Kier molecular flexibility index (Phi) is 4.55. The first-order valence-corrected chi connectivity index (χ1v) is 5.62. The van der Waals surface area contributed by atoms with Crippen molar-refractivity contribution < 1.29 is 4.39 Å². The highest BCUT2D eigenvalue weighted by molar-refractivity contribution is 6.31. The average molecular weight is 230 g/mol. The minimum atomic E-state index is -0.242. The van der Waals surface area contributed by atoms with Gasteiger partial charge < -0.3 is 5.73 Å². The lowest BCUT2D eigenvalue weighted by molar-refractivity contribution is 0.427. The van der Waals surface area contributed by atoms with E-state index in [-0.39, 0.29) is 11.9 Å². The molecule has 0 aromatic heterocycles. The SMILES string of the molecule is CCC(Cc1cc(F)ccc1Cl)C(C)N. The van der Waals surface area contributed by atoms with E-state index in [2.05, 4.69) is 6.92 Å². The third kappa shape index (κ3) is 3.47. The molecular formula is C12H17ClFN. The third-order valence-electron chi connectivity index (χ3n) is 2.76. The fourth-order valence-corrected chi connectivity index (χ4v) is 1.88. The van der Waals surface area contributed by atoms with Crippen LogP contribution in [0.2, 0.25) is 5.02 Å². The first-order chi connectivity index (χ1) is 7.04. The summed E-state index contributed by atoms with van der Waals surface area (Å²) in [4.78, 5) is 0. The first kappa shape index (κ1) is 12.5. The number of benzene rings is 1. The van der Waals surface area contributed by atoms with Crippen molar-refractivity contribution >= 4 is 11.6 Å². The van der Waals surface area contributed by atoms with Gasteiger partial charge in [-0.05, 0) is 43.0 Å². The maximum absolute atomic E-state index is 13.0. The van der Waals surface area contributed by atoms with Crippen LogP contribution in [0.4, 0.5) is 4.39 Å². The molecule has 84 valence electrons. The van der Waals surface area contributed by atoms with E-state index in [9.17, 15) is 4.39 Å². The second-order valence-corrected chi connectivity index (χ2v) is 4.37. The normalized spacial score (nSPS) is 15.0. The highest BCUT2D eigenvalue weighted by Crippen LogP contribution is 2.22. The van der Waals surface area contributed by atoms with Crippen molar-refractivity contribution in [1.29, 1.82) is 0 Å². The van der Waals surface area contributed by atoms with E-state index in [1.807, 2.05) is 6.92 Å². The van der Waals surface area contributed by atoms with Crippen molar-refractivity contribution in [3.05, 3.63) is 34.6 Å². The van der Waals surface area contributed by atoms with Crippen LogP contribution in [0.5, 0.6) is 0 Å². The molecule has 0 saturated carbocycles. The van der Waals surface area contributed by atoms with Crippen molar-refractivity contribution in [1.82, 2.24) is 0 Å². The molecule has 0 fully saturated rings. The molecule has 2 N–H and O–H groups in total. The van der Waals surface area contributed by atoms with Crippen molar-refractivity contribution in [3.8, 4) is 0 Å². The molecule has 0 bridgehead atoms. The molecule has 1 nitrogen and oxygen atoms in total. The van der Waals surface area contributed by atoms with Gasteiger partial charge >= 0.3 is 0 Å². The number of nitrogens with two attached hydrogens (primary N) is 1. The van der Waals surface area contributed by atoms with Crippen LogP contribution < -0.4 is 5.73 Å². The zero-order valence-electron chi connectivity index (χ0n) is 9.13. The number of hydrogen-bond acceptors (Lipinski definition) is 1. The molecule has 0 aliphatic carbocycles. The molecule has 1 aromatic carbocycles. The molecule has 2 atom stereocenters. The molecule has 0 aliphatic heterocycles. The van der Waals surface area contributed by atoms with Crippen LogP contribution in [-0.4, -0.2) is 6.04 Å². The van der Waals surface area contributed by atoms with E-state index in [0.29, 0.717) is 10.9 Å². The maximum atomic E-state index is 13.0. The Morgan fingerprint density at radius 1 is 1.47 bits per heavy atom. The topological polar surface area (TPSA) is 26.0 Å². The predicted molar refractivity (Wildman–Crippen MR) is 62.5 cm³/mol. The molecule has 0 amide bonds. The van der Waals surface area contributed by atoms with E-state index >= 15 is 0 Å². The van der Waals surface area contributed by atoms with Gasteiger partial charge in [0.1, 0.15) is 5.82 Å². The highest BCUT2D eigenvalue weighted by atomic mass is 35.5. The quantitative estimate of drug-likeness (QED) is 0.842. The Balaban J connectivity index is 2.82. The largest absolute Gasteiger partial charge is 0.328 e. The van der Waals surface area contributed by atoms with Gasteiger partial charge in [-0.2, -0.15) is 0 Å². The van der Waals surface area contributed by atoms with Gasteiger partial charge in [0.15, 0.2) is 0 Å². The molecule has 0 saturated heterocycles. The number of rotatable bonds is 4. The summed E-state index contributed by atoms with van der Waals surface area (Å²) in [6.45, 7) is 4.06. The van der Waals surface area contributed by atoms with Gasteiger partial charge in [-0.1, -0.05) is 24.9 Å². The summed E-state index contributed by atoms with van der Waals surface area (Å²) < 4.78 is 13.0. The lowest BCUT2D eigenvalue weighted by Crippen LogP contribution is -2.27. The fourth-order valence-electron chi connectivity index (χ4n) is 1.68. The van der Waals surface area contributed by atoms with Gasteiger partial charge in [0.2, 0.25) is 0 Å². The molecule has 0 radical (unpaired) electrons. The molecule has 2 unspecified atom stereocenters. The van der Waals surface area contributed by atoms with Crippen LogP contribution in [-0.2, 0) is 6.42 Å². The number of hydrogen-bond donors (Lipinski definition) is 1. The zero-order chi connectivity index (χ0) is 11.4. The fraction of sp³-hybridized carbons (Fsp3) is 0.500. The summed E-state index contributed by atoms with van der Waals surface area (Å²) in [5, 5.41) is 0.621. The summed E-state index contributed by atoms with van der Waals surface area (Å²) in [6.07, 6.45) is 1.72. The molecule has 1 rings (SSSR count). The van der Waals surface area contributed by atoms with E-state index < -0.39 is 0 Å². The zero-order valence-corrected chi connectivity index (χ0v) is 9.89. The Morgan fingerprint density at radius 3 is 2.67 bits per heavy atom. The average Bonchev–Trinajstić information content (AvgIpc) is 2.18. The first-order valence-electron chi connectivity index (χ1n) is 5.24. The minimum absolute atomic E-state index is 0.106. The standard InChI is InChI=1S/C12H17ClFN/c1-3-9(8(2)15)6-10-7-11(14)4-5-12(10)13/h4-5,7-9H,3,6,15H2,1-2H3. The van der Waals surface area contributed by atoms with Gasteiger partial charge in [0.05, 0.1) is 0 Å². The molecule has 3 heteroatoms. The van der Waals surface area contributed by atoms with Crippen LogP contribution >= 0.6 is 11.6 Å². The van der Waals surface area contributed by atoms with Gasteiger partial charge in [-0.25, -0.2) is 4.39 Å². The summed E-state index contributed by atoms with van der Waals surface area (Å²) in [5.41, 5.74) is 6.69. The lowest BCUT2D eigenvalue weighted by Gasteiger charge is -2.19. The monoisotopic (exact) mass is 229 g/mol. The Labute approximate surface area is 95.4 Å². The van der Waals surface area contributed by atoms with E-state index in [0.717, 1.165) is 18.4 Å². The van der Waals surface area contributed by atoms with Crippen LogP contribution in [0.1, 0.15) is 25.8 Å². The third-order valence-corrected chi connectivity index (χ3v) is 3.13. The molecule has 0 heterocycles. The van der Waals surface area contributed by atoms with Crippen molar-refractivity contribution in [2.75, 3.05) is 0 Å². The van der Waals surface area contributed by atoms with Gasteiger partial charge in [0, 0.05) is 11.1 Å². The van der Waals surface area contributed by atoms with Crippen LogP contribution in [0.25, 0.3) is 0 Å². The Hall–Kier alpha value is -0.600. The van der Waals surface area contributed by atoms with Crippen LogP contribution in [0.3, 0.4) is 0 Å². The van der Waals surface area contributed by atoms with Crippen molar-refractivity contribution in [2.45, 2.75) is 32.7 Å². The smallest absolute Gasteiger partial charge is 0.123 e. The second kappa shape index (κ2) is 5.47. The summed E-state index contributed by atoms with van der Waals surface area (Å²) in [7, 11) is 0. The molecule has 1 aromatic rings. The molecule has 0 aliphatic rings. The second-order valence-electron chi connectivity index (χ2n) is 3.97. The summed E-state index contributed by atoms with van der Waals surface area (Å²) in [5.74, 6) is 0.109. The molecule has 0 spiro atoms. The maximum Gasteiger partial charge on any atom is 0.123 e. The number of halogens is 2. The molecule has 15 heavy (non-hydrogen) atoms. The Bertz CT molecular complexity index is 325. The minimum Gasteiger partial charge on any atom is -0.328 e. The van der Waals surface area contributed by atoms with Crippen LogP contribution in [0, 0.1) is 11.7 Å². The summed E-state index contributed by atoms with van der Waals surface area (Å²) in [6, 6.07) is 4.57. The summed E-state index contributed by atoms with van der Waals surface area (Å²) >= 11 is 5.99. The van der Waals surface area contributed by atoms with Gasteiger partial charge in [0.25, 0.3) is 0 Å². The lowest BCUT2D eigenvalue weighted by atomic mass is 9.91. The molecular weight excluding hydrogens is 213 g/mol. The van der Waals surface area contributed by atoms with Gasteiger partial charge in [-0.15, -0.1) is 0 Å². The van der Waals surface area contributed by atoms with Crippen LogP contribution in [0.15, 0.2) is 18.2 Å². The highest BCUT2D eigenvalue weighted by Gasteiger charge is 2.14. The van der Waals surface area contributed by atoms with E-state index in [1.165, 1.54) is 12.1 Å². The van der Waals surface area contributed by atoms with E-state index in [1.54, 1.807) is 6.07 Å². The predicted octanol–water partition coefficient (Wildman–Crippen LogP) is 3.40. The van der Waals surface area contributed by atoms with Gasteiger partial charge in [-0.3, -0.25) is 0 Å². The Morgan fingerprint density at radius 2 is 2.13 bits per heavy atom. The van der Waals surface area contributed by atoms with Crippen molar-refractivity contribution in [2.24, 2.45) is 11.7 Å².